The largest absolute Gasteiger partial charge is 0.442 e. The molecular formula is C18H25N3O3. The van der Waals surface area contributed by atoms with Crippen LogP contribution in [0.4, 0.5) is 15.3 Å². The molecule has 1 heterocycles. The number of carbonyl (C=O) groups excluding carboxylic acids is 2. The first kappa shape index (κ1) is 16.6. The van der Waals surface area contributed by atoms with Gasteiger partial charge in [0, 0.05) is 11.7 Å². The van der Waals surface area contributed by atoms with Crippen molar-refractivity contribution in [3.05, 3.63) is 29.8 Å². The maximum Gasteiger partial charge on any atom is 0.414 e. The van der Waals surface area contributed by atoms with Gasteiger partial charge in [-0.05, 0) is 37.5 Å². The molecule has 1 atom stereocenters. The molecular weight excluding hydrogens is 306 g/mol. The highest BCUT2D eigenvalue weighted by atomic mass is 16.6. The van der Waals surface area contributed by atoms with Crippen LogP contribution in [0.1, 0.15) is 37.7 Å². The molecule has 0 aromatic heterocycles. The minimum absolute atomic E-state index is 0.174. The number of cyclic esters (lactones) is 1. The number of aryl methyl sites for hydroxylation is 1. The number of ether oxygens (including phenoxy) is 1. The average Bonchev–Trinajstić information content (AvgIpc) is 2.95. The van der Waals surface area contributed by atoms with E-state index >= 15 is 0 Å². The fraction of sp³-hybridized carbons (Fsp3) is 0.556. The summed E-state index contributed by atoms with van der Waals surface area (Å²) in [4.78, 5) is 25.6. The van der Waals surface area contributed by atoms with E-state index in [0.29, 0.717) is 13.1 Å². The van der Waals surface area contributed by atoms with Crippen molar-refractivity contribution >= 4 is 17.8 Å². The molecule has 1 aliphatic heterocycles. The highest BCUT2D eigenvalue weighted by Gasteiger charge is 2.32. The van der Waals surface area contributed by atoms with Crippen molar-refractivity contribution in [2.24, 2.45) is 0 Å². The predicted molar refractivity (Wildman–Crippen MR) is 92.2 cm³/mol. The van der Waals surface area contributed by atoms with Crippen molar-refractivity contribution in [2.45, 2.75) is 51.2 Å². The average molecular weight is 331 g/mol. The van der Waals surface area contributed by atoms with E-state index in [1.54, 1.807) is 4.90 Å². The third-order valence-electron chi connectivity index (χ3n) is 4.62. The lowest BCUT2D eigenvalue weighted by atomic mass is 9.96. The van der Waals surface area contributed by atoms with Gasteiger partial charge in [0.05, 0.1) is 13.1 Å². The summed E-state index contributed by atoms with van der Waals surface area (Å²) in [5, 5.41) is 5.82. The van der Waals surface area contributed by atoms with Crippen molar-refractivity contribution < 1.29 is 14.3 Å². The van der Waals surface area contributed by atoms with Crippen LogP contribution in [-0.2, 0) is 4.74 Å². The molecule has 130 valence electrons. The smallest absolute Gasteiger partial charge is 0.414 e. The Morgan fingerprint density at radius 1 is 1.29 bits per heavy atom. The van der Waals surface area contributed by atoms with E-state index in [1.807, 2.05) is 31.2 Å². The summed E-state index contributed by atoms with van der Waals surface area (Å²) in [7, 11) is 0. The van der Waals surface area contributed by atoms with Gasteiger partial charge in [0.2, 0.25) is 0 Å². The molecule has 1 aromatic carbocycles. The Morgan fingerprint density at radius 2 is 2.08 bits per heavy atom. The van der Waals surface area contributed by atoms with Crippen molar-refractivity contribution in [1.29, 1.82) is 0 Å². The monoisotopic (exact) mass is 331 g/mol. The second kappa shape index (κ2) is 7.55. The number of anilines is 1. The first-order valence-electron chi connectivity index (χ1n) is 8.71. The van der Waals surface area contributed by atoms with E-state index in [0.717, 1.165) is 24.1 Å². The third kappa shape index (κ3) is 4.19. The number of hydrogen-bond donors (Lipinski definition) is 2. The number of nitrogens with zero attached hydrogens (tertiary/aromatic N) is 1. The zero-order chi connectivity index (χ0) is 16.9. The van der Waals surface area contributed by atoms with Crippen LogP contribution in [0.25, 0.3) is 0 Å². The molecule has 0 radical (unpaired) electrons. The molecule has 6 heteroatoms. The van der Waals surface area contributed by atoms with E-state index in [2.05, 4.69) is 10.6 Å². The van der Waals surface area contributed by atoms with Crippen LogP contribution < -0.4 is 15.5 Å². The lowest BCUT2D eigenvalue weighted by Gasteiger charge is -2.23. The summed E-state index contributed by atoms with van der Waals surface area (Å²) >= 11 is 0. The zero-order valence-electron chi connectivity index (χ0n) is 14.1. The van der Waals surface area contributed by atoms with Crippen molar-refractivity contribution in [3.63, 3.8) is 0 Å². The first-order valence-corrected chi connectivity index (χ1v) is 8.71. The van der Waals surface area contributed by atoms with Crippen molar-refractivity contribution in [2.75, 3.05) is 18.0 Å². The number of nitrogens with one attached hydrogen (secondary N) is 2. The Labute approximate surface area is 142 Å². The van der Waals surface area contributed by atoms with Crippen molar-refractivity contribution in [3.8, 4) is 0 Å². The Hall–Kier alpha value is -2.24. The van der Waals surface area contributed by atoms with Crippen LogP contribution in [0.15, 0.2) is 24.3 Å². The Kier molecular flexibility index (Phi) is 5.23. The Balaban J connectivity index is 1.46. The molecule has 6 nitrogen and oxygen atoms in total. The SMILES string of the molecule is Cc1cccc(N2CC(CNC(=O)NC3CCCCC3)OC2=O)c1. The van der Waals surface area contributed by atoms with Crippen LogP contribution in [-0.4, -0.2) is 37.4 Å². The van der Waals surface area contributed by atoms with Gasteiger partial charge < -0.3 is 15.4 Å². The van der Waals surface area contributed by atoms with Gasteiger partial charge in [0.25, 0.3) is 0 Å². The Morgan fingerprint density at radius 3 is 2.83 bits per heavy atom. The molecule has 0 bridgehead atoms. The predicted octanol–water partition coefficient (Wildman–Crippen LogP) is 2.95. The van der Waals surface area contributed by atoms with Gasteiger partial charge in [-0.15, -0.1) is 0 Å². The number of hydrogen-bond acceptors (Lipinski definition) is 3. The molecule has 1 unspecified atom stereocenters. The minimum Gasteiger partial charge on any atom is -0.442 e. The summed E-state index contributed by atoms with van der Waals surface area (Å²) in [6, 6.07) is 7.84. The fourth-order valence-corrected chi connectivity index (χ4v) is 3.32. The summed E-state index contributed by atoms with van der Waals surface area (Å²) in [5.41, 5.74) is 1.92. The minimum atomic E-state index is -0.361. The lowest BCUT2D eigenvalue weighted by Crippen LogP contribution is -2.45. The van der Waals surface area contributed by atoms with E-state index in [1.165, 1.54) is 19.3 Å². The van der Waals surface area contributed by atoms with Gasteiger partial charge in [-0.2, -0.15) is 0 Å². The number of amides is 3. The Bertz CT molecular complexity index is 599. The summed E-state index contributed by atoms with van der Waals surface area (Å²) in [6.07, 6.45) is 5.02. The van der Waals surface area contributed by atoms with E-state index in [9.17, 15) is 9.59 Å². The third-order valence-corrected chi connectivity index (χ3v) is 4.62. The molecule has 1 aliphatic carbocycles. The number of benzene rings is 1. The maximum absolute atomic E-state index is 12.0. The van der Waals surface area contributed by atoms with Gasteiger partial charge >= 0.3 is 12.1 Å². The topological polar surface area (TPSA) is 70.7 Å². The van der Waals surface area contributed by atoms with Gasteiger partial charge in [-0.3, -0.25) is 4.90 Å². The molecule has 2 fully saturated rings. The summed E-state index contributed by atoms with van der Waals surface area (Å²) in [5.74, 6) is 0. The van der Waals surface area contributed by atoms with Gasteiger partial charge in [-0.1, -0.05) is 31.4 Å². The van der Waals surface area contributed by atoms with Crippen molar-refractivity contribution in [1.82, 2.24) is 10.6 Å². The standard InChI is InChI=1S/C18H25N3O3/c1-13-6-5-9-15(10-13)21-12-16(24-18(21)23)11-19-17(22)20-14-7-3-2-4-8-14/h5-6,9-10,14,16H,2-4,7-8,11-12H2,1H3,(H2,19,20,22). The second-order valence-corrected chi connectivity index (χ2v) is 6.64. The molecule has 1 saturated heterocycles. The molecule has 2 aliphatic rings. The number of urea groups is 1. The van der Waals surface area contributed by atoms with Crippen LogP contribution in [0, 0.1) is 6.92 Å². The summed E-state index contributed by atoms with van der Waals surface area (Å²) < 4.78 is 5.35. The second-order valence-electron chi connectivity index (χ2n) is 6.64. The zero-order valence-corrected chi connectivity index (χ0v) is 14.1. The molecule has 2 N–H and O–H groups in total. The fourth-order valence-electron chi connectivity index (χ4n) is 3.32. The van der Waals surface area contributed by atoms with Gasteiger partial charge in [0.15, 0.2) is 0 Å². The molecule has 1 saturated carbocycles. The molecule has 3 amide bonds. The maximum atomic E-state index is 12.0. The first-order chi connectivity index (χ1) is 11.6. The molecule has 3 rings (SSSR count). The molecule has 1 aromatic rings. The highest BCUT2D eigenvalue weighted by molar-refractivity contribution is 5.89. The van der Waals surface area contributed by atoms with Crippen LogP contribution >= 0.6 is 0 Å². The van der Waals surface area contributed by atoms with Crippen LogP contribution in [0.2, 0.25) is 0 Å². The lowest BCUT2D eigenvalue weighted by molar-refractivity contribution is 0.140. The quantitative estimate of drug-likeness (QED) is 0.891. The summed E-state index contributed by atoms with van der Waals surface area (Å²) in [6.45, 7) is 2.76. The van der Waals surface area contributed by atoms with Gasteiger partial charge in [-0.25, -0.2) is 9.59 Å². The van der Waals surface area contributed by atoms with Crippen LogP contribution in [0.3, 0.4) is 0 Å². The normalized spacial score (nSPS) is 21.5. The molecule has 24 heavy (non-hydrogen) atoms. The van der Waals surface area contributed by atoms with Gasteiger partial charge in [0.1, 0.15) is 6.10 Å². The van der Waals surface area contributed by atoms with Crippen LogP contribution in [0.5, 0.6) is 0 Å². The van der Waals surface area contributed by atoms with E-state index in [4.69, 9.17) is 4.74 Å². The number of rotatable bonds is 4. The van der Waals surface area contributed by atoms with E-state index in [-0.39, 0.29) is 24.3 Å². The molecule has 0 spiro atoms. The highest BCUT2D eigenvalue weighted by Crippen LogP contribution is 2.22. The number of carbonyl (C=O) groups is 2. The van der Waals surface area contributed by atoms with E-state index < -0.39 is 0 Å².